The number of carboxylic acids is 1. The Morgan fingerprint density at radius 2 is 2.57 bits per heavy atom. The number of thiazole rings is 1. The van der Waals surface area contributed by atoms with Crippen LogP contribution in [0.2, 0.25) is 0 Å². The molecule has 1 N–H and O–H groups in total. The lowest BCUT2D eigenvalue weighted by molar-refractivity contribution is -0.139. The van der Waals surface area contributed by atoms with Gasteiger partial charge in [-0.15, -0.1) is 11.3 Å². The lowest BCUT2D eigenvalue weighted by Gasteiger charge is -2.22. The molecule has 2 heterocycles. The molecule has 1 aromatic heterocycles. The number of nitrogens with zero attached hydrogens (tertiary/aromatic N) is 2. The molecule has 1 aliphatic heterocycles. The number of aliphatic carboxylic acids is 1. The van der Waals surface area contributed by atoms with E-state index in [9.17, 15) is 4.79 Å². The molecule has 0 bridgehead atoms. The minimum atomic E-state index is -0.745. The van der Waals surface area contributed by atoms with Crippen LogP contribution in [0.5, 0.6) is 0 Å². The third-order valence-corrected chi connectivity index (χ3v) is 3.43. The summed E-state index contributed by atoms with van der Waals surface area (Å²) in [5, 5.41) is 11.8. The summed E-state index contributed by atoms with van der Waals surface area (Å²) in [6.45, 7) is 2.78. The molecule has 2 atom stereocenters. The van der Waals surface area contributed by atoms with Crippen LogP contribution in [-0.2, 0) is 4.79 Å². The normalized spacial score (nSPS) is 26.8. The fourth-order valence-electron chi connectivity index (χ4n) is 1.90. The average Bonchev–Trinajstić information content (AvgIpc) is 2.70. The van der Waals surface area contributed by atoms with Crippen molar-refractivity contribution in [3.63, 3.8) is 0 Å². The van der Waals surface area contributed by atoms with E-state index < -0.39 is 12.0 Å². The molecule has 1 fully saturated rings. The highest BCUT2D eigenvalue weighted by molar-refractivity contribution is 7.13. The zero-order valence-corrected chi connectivity index (χ0v) is 8.70. The molecule has 1 aromatic rings. The number of carboxylic acid groups (broad SMARTS) is 1. The Morgan fingerprint density at radius 3 is 3.14 bits per heavy atom. The number of aromatic nitrogens is 1. The standard InChI is InChI=1S/C9H12N2O2S/c1-6-2-4-11(7(6)8(12)13)9-10-3-5-14-9/h3,5-7H,2,4H2,1H3,(H,12,13). The molecular weight excluding hydrogens is 200 g/mol. The predicted octanol–water partition coefficient (Wildman–Crippen LogP) is 1.44. The average molecular weight is 212 g/mol. The Kier molecular flexibility index (Phi) is 2.41. The topological polar surface area (TPSA) is 53.4 Å². The van der Waals surface area contributed by atoms with Crippen LogP contribution in [0, 0.1) is 5.92 Å². The van der Waals surface area contributed by atoms with Crippen molar-refractivity contribution in [2.75, 3.05) is 11.4 Å². The van der Waals surface area contributed by atoms with Crippen LogP contribution in [0.1, 0.15) is 13.3 Å². The minimum Gasteiger partial charge on any atom is -0.480 e. The van der Waals surface area contributed by atoms with Crippen LogP contribution in [0.25, 0.3) is 0 Å². The van der Waals surface area contributed by atoms with Crippen molar-refractivity contribution >= 4 is 22.4 Å². The highest BCUT2D eigenvalue weighted by atomic mass is 32.1. The predicted molar refractivity (Wildman–Crippen MR) is 54.7 cm³/mol. The van der Waals surface area contributed by atoms with Gasteiger partial charge in [0.1, 0.15) is 6.04 Å². The van der Waals surface area contributed by atoms with E-state index >= 15 is 0 Å². The number of carbonyl (C=O) groups is 1. The van der Waals surface area contributed by atoms with Crippen molar-refractivity contribution in [3.05, 3.63) is 11.6 Å². The van der Waals surface area contributed by atoms with E-state index in [-0.39, 0.29) is 5.92 Å². The Bertz CT molecular complexity index is 326. The van der Waals surface area contributed by atoms with Crippen molar-refractivity contribution in [1.29, 1.82) is 0 Å². The Hall–Kier alpha value is -1.10. The van der Waals surface area contributed by atoms with Crippen molar-refractivity contribution in [1.82, 2.24) is 4.98 Å². The lowest BCUT2D eigenvalue weighted by atomic mass is 10.0. The zero-order valence-electron chi connectivity index (χ0n) is 7.88. The molecule has 1 aliphatic rings. The third kappa shape index (κ3) is 1.48. The molecule has 0 aliphatic carbocycles. The van der Waals surface area contributed by atoms with Gasteiger partial charge in [-0.25, -0.2) is 9.78 Å². The van der Waals surface area contributed by atoms with Crippen molar-refractivity contribution in [2.24, 2.45) is 5.92 Å². The van der Waals surface area contributed by atoms with Crippen LogP contribution < -0.4 is 4.90 Å². The third-order valence-electron chi connectivity index (χ3n) is 2.62. The highest BCUT2D eigenvalue weighted by Crippen LogP contribution is 2.30. The Morgan fingerprint density at radius 1 is 1.79 bits per heavy atom. The molecule has 76 valence electrons. The molecular formula is C9H12N2O2S. The van der Waals surface area contributed by atoms with E-state index in [1.807, 2.05) is 17.2 Å². The van der Waals surface area contributed by atoms with E-state index in [0.717, 1.165) is 18.1 Å². The molecule has 2 unspecified atom stereocenters. The summed E-state index contributed by atoms with van der Waals surface area (Å²) in [7, 11) is 0. The molecule has 0 spiro atoms. The molecule has 1 saturated heterocycles. The summed E-state index contributed by atoms with van der Waals surface area (Å²) < 4.78 is 0. The van der Waals surface area contributed by atoms with Gasteiger partial charge in [-0.05, 0) is 12.3 Å². The first-order chi connectivity index (χ1) is 6.70. The molecule has 0 radical (unpaired) electrons. The van der Waals surface area contributed by atoms with E-state index in [2.05, 4.69) is 4.98 Å². The first kappa shape index (κ1) is 9.45. The summed E-state index contributed by atoms with van der Waals surface area (Å²) in [5.41, 5.74) is 0. The number of hydrogen-bond donors (Lipinski definition) is 1. The number of anilines is 1. The Balaban J connectivity index is 2.24. The highest BCUT2D eigenvalue weighted by Gasteiger charge is 2.37. The maximum absolute atomic E-state index is 11.1. The van der Waals surface area contributed by atoms with Gasteiger partial charge in [0.2, 0.25) is 0 Å². The second kappa shape index (κ2) is 3.57. The van der Waals surface area contributed by atoms with Crippen LogP contribution >= 0.6 is 11.3 Å². The monoisotopic (exact) mass is 212 g/mol. The second-order valence-corrected chi connectivity index (χ2v) is 4.43. The van der Waals surface area contributed by atoms with Gasteiger partial charge in [0.15, 0.2) is 5.13 Å². The smallest absolute Gasteiger partial charge is 0.326 e. The molecule has 5 heteroatoms. The zero-order chi connectivity index (χ0) is 10.1. The van der Waals surface area contributed by atoms with Gasteiger partial charge < -0.3 is 10.0 Å². The molecule has 2 rings (SSSR count). The molecule has 14 heavy (non-hydrogen) atoms. The van der Waals surface area contributed by atoms with Crippen molar-refractivity contribution < 1.29 is 9.90 Å². The van der Waals surface area contributed by atoms with Crippen molar-refractivity contribution in [2.45, 2.75) is 19.4 Å². The van der Waals surface area contributed by atoms with Crippen LogP contribution in [0.15, 0.2) is 11.6 Å². The lowest BCUT2D eigenvalue weighted by Crippen LogP contribution is -2.38. The summed E-state index contributed by atoms with van der Waals surface area (Å²) in [6.07, 6.45) is 2.64. The van der Waals surface area contributed by atoms with Gasteiger partial charge in [-0.1, -0.05) is 6.92 Å². The van der Waals surface area contributed by atoms with Crippen LogP contribution in [0.4, 0.5) is 5.13 Å². The quantitative estimate of drug-likeness (QED) is 0.806. The number of rotatable bonds is 2. The first-order valence-corrected chi connectivity index (χ1v) is 5.47. The van der Waals surface area contributed by atoms with Gasteiger partial charge in [-0.2, -0.15) is 0 Å². The fraction of sp³-hybridized carbons (Fsp3) is 0.556. The van der Waals surface area contributed by atoms with Gasteiger partial charge in [0.05, 0.1) is 0 Å². The van der Waals surface area contributed by atoms with E-state index in [0.29, 0.717) is 0 Å². The number of hydrogen-bond acceptors (Lipinski definition) is 4. The van der Waals surface area contributed by atoms with Gasteiger partial charge >= 0.3 is 5.97 Å². The maximum atomic E-state index is 11.1. The van der Waals surface area contributed by atoms with E-state index in [1.54, 1.807) is 6.20 Å². The summed E-state index contributed by atoms with van der Waals surface area (Å²) in [5.74, 6) is -0.540. The van der Waals surface area contributed by atoms with Gasteiger partial charge in [0, 0.05) is 18.1 Å². The van der Waals surface area contributed by atoms with Crippen molar-refractivity contribution in [3.8, 4) is 0 Å². The van der Waals surface area contributed by atoms with E-state index in [1.165, 1.54) is 11.3 Å². The maximum Gasteiger partial charge on any atom is 0.326 e. The largest absolute Gasteiger partial charge is 0.480 e. The SMILES string of the molecule is CC1CCN(c2nccs2)C1C(=O)O. The summed E-state index contributed by atoms with van der Waals surface area (Å²) in [4.78, 5) is 17.1. The summed E-state index contributed by atoms with van der Waals surface area (Å²) >= 11 is 1.49. The molecule has 4 nitrogen and oxygen atoms in total. The second-order valence-electron chi connectivity index (χ2n) is 3.56. The fourth-order valence-corrected chi connectivity index (χ4v) is 2.60. The van der Waals surface area contributed by atoms with Crippen LogP contribution in [-0.4, -0.2) is 28.6 Å². The first-order valence-electron chi connectivity index (χ1n) is 4.59. The molecule has 0 aromatic carbocycles. The molecule has 0 amide bonds. The summed E-state index contributed by atoms with van der Waals surface area (Å²) in [6, 6.07) is -0.402. The van der Waals surface area contributed by atoms with E-state index in [4.69, 9.17) is 5.11 Å². The van der Waals surface area contributed by atoms with Gasteiger partial charge in [0.25, 0.3) is 0 Å². The Labute approximate surface area is 86.2 Å². The van der Waals surface area contributed by atoms with Crippen LogP contribution in [0.3, 0.4) is 0 Å². The molecule has 0 saturated carbocycles. The van der Waals surface area contributed by atoms with Gasteiger partial charge in [-0.3, -0.25) is 0 Å². The minimum absolute atomic E-state index is 0.205.